The number of nitrogens with two attached hydrogens (primary N) is 1. The zero-order valence-corrected chi connectivity index (χ0v) is 9.57. The molecule has 15 heavy (non-hydrogen) atoms. The third-order valence-corrected chi connectivity index (χ3v) is 3.15. The molecule has 0 aromatic rings. The molecule has 2 aliphatic rings. The number of hydrogen-bond acceptors (Lipinski definition) is 2. The van der Waals surface area contributed by atoms with E-state index in [9.17, 15) is 0 Å². The lowest BCUT2D eigenvalue weighted by Crippen LogP contribution is -2.40. The normalized spacial score (nSPS) is 32.5. The van der Waals surface area contributed by atoms with Crippen molar-refractivity contribution in [3.63, 3.8) is 0 Å². The molecule has 1 unspecified atom stereocenters. The molecule has 0 aromatic carbocycles. The second-order valence-electron chi connectivity index (χ2n) is 4.82. The van der Waals surface area contributed by atoms with Crippen LogP contribution >= 0.6 is 0 Å². The molecule has 4 heteroatoms. The molecule has 2 saturated carbocycles. The predicted octanol–water partition coefficient (Wildman–Crippen LogP) is 0.724. The van der Waals surface area contributed by atoms with E-state index in [1.54, 1.807) is 7.11 Å². The molecule has 0 spiro atoms. The van der Waals surface area contributed by atoms with Gasteiger partial charge in [-0.25, -0.2) is 4.99 Å². The molecular weight excluding hydrogens is 190 g/mol. The summed E-state index contributed by atoms with van der Waals surface area (Å²) >= 11 is 0. The van der Waals surface area contributed by atoms with Crippen LogP contribution in [0.25, 0.3) is 0 Å². The van der Waals surface area contributed by atoms with Crippen molar-refractivity contribution in [3.8, 4) is 0 Å². The molecule has 2 rings (SSSR count). The van der Waals surface area contributed by atoms with Gasteiger partial charge in [0.1, 0.15) is 0 Å². The van der Waals surface area contributed by atoms with E-state index in [1.807, 2.05) is 6.92 Å². The van der Waals surface area contributed by atoms with Gasteiger partial charge >= 0.3 is 0 Å². The van der Waals surface area contributed by atoms with Crippen molar-refractivity contribution in [1.82, 2.24) is 5.32 Å². The highest BCUT2D eigenvalue weighted by molar-refractivity contribution is 5.78. The number of nitrogens with zero attached hydrogens (tertiary/aromatic N) is 1. The zero-order valence-electron chi connectivity index (χ0n) is 9.57. The minimum Gasteiger partial charge on any atom is -0.383 e. The van der Waals surface area contributed by atoms with Gasteiger partial charge in [-0.05, 0) is 38.0 Å². The van der Waals surface area contributed by atoms with Crippen molar-refractivity contribution >= 4 is 5.96 Å². The first-order valence-electron chi connectivity index (χ1n) is 5.79. The average Bonchev–Trinajstić information content (AvgIpc) is 2.95. The highest BCUT2D eigenvalue weighted by Crippen LogP contribution is 2.51. The molecule has 0 aromatic heterocycles. The fourth-order valence-electron chi connectivity index (χ4n) is 2.14. The maximum Gasteiger partial charge on any atom is 0.189 e. The van der Waals surface area contributed by atoms with Crippen LogP contribution in [0, 0.1) is 11.8 Å². The number of methoxy groups -OCH3 is 1. The topological polar surface area (TPSA) is 59.6 Å². The summed E-state index contributed by atoms with van der Waals surface area (Å²) in [6.45, 7) is 2.70. The van der Waals surface area contributed by atoms with E-state index < -0.39 is 0 Å². The van der Waals surface area contributed by atoms with E-state index in [4.69, 9.17) is 10.5 Å². The molecule has 2 fully saturated rings. The zero-order chi connectivity index (χ0) is 10.8. The molecular formula is C11H21N3O. The molecule has 0 saturated heterocycles. The van der Waals surface area contributed by atoms with Crippen molar-refractivity contribution in [2.45, 2.75) is 38.3 Å². The van der Waals surface area contributed by atoms with E-state index in [0.29, 0.717) is 18.6 Å². The van der Waals surface area contributed by atoms with Gasteiger partial charge in [0.15, 0.2) is 5.96 Å². The molecule has 0 radical (unpaired) electrons. The second kappa shape index (κ2) is 4.39. The van der Waals surface area contributed by atoms with Crippen LogP contribution in [0.15, 0.2) is 4.99 Å². The lowest BCUT2D eigenvalue weighted by atomic mass is 10.3. The summed E-state index contributed by atoms with van der Waals surface area (Å²) in [6, 6.07) is 0.733. The van der Waals surface area contributed by atoms with Gasteiger partial charge in [0.05, 0.1) is 12.6 Å². The van der Waals surface area contributed by atoms with Crippen molar-refractivity contribution in [2.24, 2.45) is 22.6 Å². The summed E-state index contributed by atoms with van der Waals surface area (Å²) in [5, 5.41) is 3.13. The van der Waals surface area contributed by atoms with E-state index in [-0.39, 0.29) is 6.04 Å². The maximum absolute atomic E-state index is 5.81. The summed E-state index contributed by atoms with van der Waals surface area (Å²) in [7, 11) is 1.69. The standard InChI is InChI=1S/C11H21N3O/c1-7(6-15-2)13-11(12)14-10-5-9(10)8-3-4-8/h7-10H,3-6H2,1-2H3,(H3,12,13,14)/t7?,9-,10+/m0/s1. The molecule has 2 aliphatic carbocycles. The van der Waals surface area contributed by atoms with Crippen molar-refractivity contribution < 1.29 is 4.74 Å². The predicted molar refractivity (Wildman–Crippen MR) is 60.7 cm³/mol. The van der Waals surface area contributed by atoms with Crippen LogP contribution < -0.4 is 11.1 Å². The summed E-state index contributed by atoms with van der Waals surface area (Å²) in [5.74, 6) is 2.37. The first-order chi connectivity index (χ1) is 7.20. The van der Waals surface area contributed by atoms with E-state index >= 15 is 0 Å². The average molecular weight is 211 g/mol. The molecule has 0 bridgehead atoms. The Morgan fingerprint density at radius 2 is 2.33 bits per heavy atom. The second-order valence-corrected chi connectivity index (χ2v) is 4.82. The fourth-order valence-corrected chi connectivity index (χ4v) is 2.14. The van der Waals surface area contributed by atoms with Crippen molar-refractivity contribution in [3.05, 3.63) is 0 Å². The Morgan fingerprint density at radius 1 is 1.60 bits per heavy atom. The van der Waals surface area contributed by atoms with Gasteiger partial charge in [-0.3, -0.25) is 0 Å². The van der Waals surface area contributed by atoms with Gasteiger partial charge in [0, 0.05) is 13.2 Å². The number of hydrogen-bond donors (Lipinski definition) is 2. The summed E-state index contributed by atoms with van der Waals surface area (Å²) < 4.78 is 5.02. The van der Waals surface area contributed by atoms with Gasteiger partial charge in [0.2, 0.25) is 0 Å². The van der Waals surface area contributed by atoms with Crippen LogP contribution in [0.1, 0.15) is 26.2 Å². The Labute approximate surface area is 91.3 Å². The number of ether oxygens (including phenoxy) is 1. The highest BCUT2D eigenvalue weighted by atomic mass is 16.5. The van der Waals surface area contributed by atoms with Crippen LogP contribution in [0.3, 0.4) is 0 Å². The molecule has 4 nitrogen and oxygen atoms in total. The smallest absolute Gasteiger partial charge is 0.189 e. The molecule has 86 valence electrons. The van der Waals surface area contributed by atoms with Crippen molar-refractivity contribution in [1.29, 1.82) is 0 Å². The van der Waals surface area contributed by atoms with E-state index in [2.05, 4.69) is 10.3 Å². The Morgan fingerprint density at radius 3 is 2.93 bits per heavy atom. The van der Waals surface area contributed by atoms with Crippen LogP contribution in [0.5, 0.6) is 0 Å². The van der Waals surface area contributed by atoms with Crippen molar-refractivity contribution in [2.75, 3.05) is 13.7 Å². The van der Waals surface area contributed by atoms with E-state index in [1.165, 1.54) is 19.3 Å². The summed E-state index contributed by atoms with van der Waals surface area (Å²) in [4.78, 5) is 4.48. The lowest BCUT2D eigenvalue weighted by Gasteiger charge is -2.12. The third-order valence-electron chi connectivity index (χ3n) is 3.15. The molecule has 0 aliphatic heterocycles. The summed E-state index contributed by atoms with van der Waals surface area (Å²) in [6.07, 6.45) is 4.06. The first-order valence-corrected chi connectivity index (χ1v) is 5.79. The number of aliphatic imine (C=N–C) groups is 1. The van der Waals surface area contributed by atoms with Crippen LogP contribution in [0.4, 0.5) is 0 Å². The van der Waals surface area contributed by atoms with Crippen LogP contribution in [-0.4, -0.2) is 31.8 Å². The quantitative estimate of drug-likeness (QED) is 0.520. The molecule has 0 heterocycles. The monoisotopic (exact) mass is 211 g/mol. The Bertz CT molecular complexity index is 250. The molecule has 0 amide bonds. The Kier molecular flexibility index (Phi) is 3.14. The van der Waals surface area contributed by atoms with Gasteiger partial charge in [-0.15, -0.1) is 0 Å². The van der Waals surface area contributed by atoms with Gasteiger partial charge in [-0.1, -0.05) is 0 Å². The minimum atomic E-state index is 0.233. The number of guanidine groups is 1. The SMILES string of the molecule is COCC(C)NC(N)=N[C@@H]1C[C@H]1C1CC1. The fraction of sp³-hybridized carbons (Fsp3) is 0.909. The molecule has 3 N–H and O–H groups in total. The molecule has 3 atom stereocenters. The minimum absolute atomic E-state index is 0.233. The summed E-state index contributed by atoms with van der Waals surface area (Å²) in [5.41, 5.74) is 5.81. The highest BCUT2D eigenvalue weighted by Gasteiger charge is 2.47. The first kappa shape index (κ1) is 10.7. The maximum atomic E-state index is 5.81. The van der Waals surface area contributed by atoms with Gasteiger partial charge < -0.3 is 15.8 Å². The Hall–Kier alpha value is -0.770. The lowest BCUT2D eigenvalue weighted by molar-refractivity contribution is 0.179. The number of rotatable bonds is 5. The largest absolute Gasteiger partial charge is 0.383 e. The third kappa shape index (κ3) is 3.09. The number of nitrogens with one attached hydrogen (secondary N) is 1. The van der Waals surface area contributed by atoms with Gasteiger partial charge in [0.25, 0.3) is 0 Å². The van der Waals surface area contributed by atoms with E-state index in [0.717, 1.165) is 11.8 Å². The van der Waals surface area contributed by atoms with Crippen LogP contribution in [0.2, 0.25) is 0 Å². The Balaban J connectivity index is 1.70. The van der Waals surface area contributed by atoms with Crippen LogP contribution in [-0.2, 0) is 4.74 Å². The van der Waals surface area contributed by atoms with Gasteiger partial charge in [-0.2, -0.15) is 0 Å².